The van der Waals surface area contributed by atoms with Gasteiger partial charge in [-0.3, -0.25) is 0 Å². The molecule has 2 rings (SSSR count). The van der Waals surface area contributed by atoms with E-state index in [9.17, 15) is 0 Å². The van der Waals surface area contributed by atoms with Crippen LogP contribution in [0.15, 0.2) is 29.3 Å². The standard InChI is InChI=1S/C22H38N4O3/c1-5-23-22(26-10-9-20(17-26)18-28-4)24-16-19-7-6-8-21(15-19)29-14-12-25(2)11-13-27-3/h6-8,15,20H,5,9-14,16-18H2,1-4H3,(H,23,24). The van der Waals surface area contributed by atoms with Crippen LogP contribution in [-0.2, 0) is 16.0 Å². The van der Waals surface area contributed by atoms with Gasteiger partial charge in [0.1, 0.15) is 12.4 Å². The third kappa shape index (κ3) is 8.60. The van der Waals surface area contributed by atoms with Gasteiger partial charge in [-0.15, -0.1) is 0 Å². The maximum atomic E-state index is 5.92. The molecule has 0 bridgehead atoms. The van der Waals surface area contributed by atoms with E-state index in [1.807, 2.05) is 12.1 Å². The first-order valence-electron chi connectivity index (χ1n) is 10.6. The van der Waals surface area contributed by atoms with Crippen LogP contribution >= 0.6 is 0 Å². The molecule has 1 saturated heterocycles. The number of hydrogen-bond donors (Lipinski definition) is 1. The molecule has 1 aromatic carbocycles. The molecule has 0 saturated carbocycles. The van der Waals surface area contributed by atoms with Crippen molar-refractivity contribution in [2.24, 2.45) is 10.9 Å². The fourth-order valence-corrected chi connectivity index (χ4v) is 3.40. The highest BCUT2D eigenvalue weighted by Crippen LogP contribution is 2.18. The lowest BCUT2D eigenvalue weighted by Gasteiger charge is -2.21. The quantitative estimate of drug-likeness (QED) is 0.424. The number of nitrogens with zero attached hydrogens (tertiary/aromatic N) is 3. The third-order valence-corrected chi connectivity index (χ3v) is 5.05. The van der Waals surface area contributed by atoms with Crippen molar-refractivity contribution >= 4 is 5.96 Å². The topological polar surface area (TPSA) is 58.6 Å². The Bertz CT molecular complexity index is 611. The molecular formula is C22H38N4O3. The highest BCUT2D eigenvalue weighted by atomic mass is 16.5. The lowest BCUT2D eigenvalue weighted by Crippen LogP contribution is -2.40. The number of likely N-dealkylation sites (tertiary alicyclic amines) is 1. The zero-order valence-electron chi connectivity index (χ0n) is 18.5. The molecule has 1 N–H and O–H groups in total. The van der Waals surface area contributed by atoms with E-state index >= 15 is 0 Å². The van der Waals surface area contributed by atoms with Crippen LogP contribution in [0.4, 0.5) is 0 Å². The number of benzene rings is 1. The van der Waals surface area contributed by atoms with E-state index in [0.29, 0.717) is 19.1 Å². The Hall–Kier alpha value is -1.83. The molecule has 1 aliphatic rings. The van der Waals surface area contributed by atoms with Crippen LogP contribution in [0.25, 0.3) is 0 Å². The van der Waals surface area contributed by atoms with Crippen molar-refractivity contribution < 1.29 is 14.2 Å². The second-order valence-corrected chi connectivity index (χ2v) is 7.52. The summed E-state index contributed by atoms with van der Waals surface area (Å²) in [4.78, 5) is 9.39. The number of methoxy groups -OCH3 is 2. The molecule has 1 atom stereocenters. The van der Waals surface area contributed by atoms with Gasteiger partial charge in [0, 0.05) is 52.9 Å². The molecule has 1 fully saturated rings. The first kappa shape index (κ1) is 23.4. The van der Waals surface area contributed by atoms with Gasteiger partial charge in [-0.25, -0.2) is 4.99 Å². The van der Waals surface area contributed by atoms with E-state index in [2.05, 4.69) is 41.2 Å². The number of guanidine groups is 1. The summed E-state index contributed by atoms with van der Waals surface area (Å²) in [5.74, 6) is 2.46. The number of likely N-dealkylation sites (N-methyl/N-ethyl adjacent to an activating group) is 1. The van der Waals surface area contributed by atoms with E-state index in [0.717, 1.165) is 69.6 Å². The second kappa shape index (κ2) is 13.4. The monoisotopic (exact) mass is 406 g/mol. The third-order valence-electron chi connectivity index (χ3n) is 5.05. The zero-order chi connectivity index (χ0) is 20.9. The lowest BCUT2D eigenvalue weighted by atomic mass is 10.1. The minimum Gasteiger partial charge on any atom is -0.492 e. The molecule has 0 amide bonds. The molecular weight excluding hydrogens is 368 g/mol. The van der Waals surface area contributed by atoms with Crippen LogP contribution < -0.4 is 10.1 Å². The number of rotatable bonds is 12. The van der Waals surface area contributed by atoms with Crippen molar-refractivity contribution in [1.29, 1.82) is 0 Å². The van der Waals surface area contributed by atoms with Crippen molar-refractivity contribution in [3.8, 4) is 5.75 Å². The van der Waals surface area contributed by atoms with E-state index in [1.54, 1.807) is 14.2 Å². The highest BCUT2D eigenvalue weighted by Gasteiger charge is 2.24. The molecule has 1 aromatic rings. The van der Waals surface area contributed by atoms with Gasteiger partial charge < -0.3 is 29.3 Å². The fourth-order valence-electron chi connectivity index (χ4n) is 3.40. The maximum Gasteiger partial charge on any atom is 0.194 e. The van der Waals surface area contributed by atoms with Gasteiger partial charge in [0.05, 0.1) is 19.8 Å². The second-order valence-electron chi connectivity index (χ2n) is 7.52. The fraction of sp³-hybridized carbons (Fsp3) is 0.682. The van der Waals surface area contributed by atoms with Crippen molar-refractivity contribution in [2.75, 3.05) is 73.8 Å². The summed E-state index contributed by atoms with van der Waals surface area (Å²) < 4.78 is 16.3. The Balaban J connectivity index is 1.87. The van der Waals surface area contributed by atoms with Crippen LogP contribution in [0.2, 0.25) is 0 Å². The summed E-state index contributed by atoms with van der Waals surface area (Å²) >= 11 is 0. The average molecular weight is 407 g/mol. The smallest absolute Gasteiger partial charge is 0.194 e. The molecule has 0 spiro atoms. The normalized spacial score (nSPS) is 17.2. The predicted molar refractivity (Wildman–Crippen MR) is 118 cm³/mol. The summed E-state index contributed by atoms with van der Waals surface area (Å²) in [5, 5.41) is 3.42. The predicted octanol–water partition coefficient (Wildman–Crippen LogP) is 2.08. The van der Waals surface area contributed by atoms with E-state index < -0.39 is 0 Å². The van der Waals surface area contributed by atoms with Gasteiger partial charge in [0.2, 0.25) is 0 Å². The minimum atomic E-state index is 0.586. The number of ether oxygens (including phenoxy) is 3. The van der Waals surface area contributed by atoms with E-state index in [1.165, 1.54) is 0 Å². The molecule has 1 heterocycles. The lowest BCUT2D eigenvalue weighted by molar-refractivity contribution is 0.150. The molecule has 0 radical (unpaired) electrons. The Labute approximate surface area is 176 Å². The minimum absolute atomic E-state index is 0.586. The summed E-state index contributed by atoms with van der Waals surface area (Å²) in [6.45, 7) is 9.62. The summed E-state index contributed by atoms with van der Waals surface area (Å²) in [6, 6.07) is 8.22. The summed E-state index contributed by atoms with van der Waals surface area (Å²) in [6.07, 6.45) is 1.15. The molecule has 29 heavy (non-hydrogen) atoms. The number of hydrogen-bond acceptors (Lipinski definition) is 5. The molecule has 7 heteroatoms. The summed E-state index contributed by atoms with van der Waals surface area (Å²) in [5.41, 5.74) is 1.15. The summed E-state index contributed by atoms with van der Waals surface area (Å²) in [7, 11) is 5.57. The SMILES string of the molecule is CCNC(=NCc1cccc(OCCN(C)CCOC)c1)N1CCC(COC)C1. The Morgan fingerprint density at radius 1 is 1.24 bits per heavy atom. The Kier molecular flexibility index (Phi) is 10.8. The van der Waals surface area contributed by atoms with Gasteiger partial charge in [0.25, 0.3) is 0 Å². The molecule has 0 aromatic heterocycles. The van der Waals surface area contributed by atoms with Gasteiger partial charge in [0.15, 0.2) is 5.96 Å². The number of aliphatic imine (C=N–C) groups is 1. The van der Waals surface area contributed by atoms with Crippen LogP contribution in [0.3, 0.4) is 0 Å². The van der Waals surface area contributed by atoms with Gasteiger partial charge in [-0.2, -0.15) is 0 Å². The largest absolute Gasteiger partial charge is 0.492 e. The van der Waals surface area contributed by atoms with Gasteiger partial charge in [-0.05, 0) is 38.1 Å². The average Bonchev–Trinajstić information content (AvgIpc) is 3.18. The van der Waals surface area contributed by atoms with Gasteiger partial charge >= 0.3 is 0 Å². The first-order valence-corrected chi connectivity index (χ1v) is 10.6. The molecule has 1 unspecified atom stereocenters. The Morgan fingerprint density at radius 2 is 2.07 bits per heavy atom. The van der Waals surface area contributed by atoms with Crippen molar-refractivity contribution in [3.05, 3.63) is 29.8 Å². The van der Waals surface area contributed by atoms with Crippen LogP contribution in [0, 0.1) is 5.92 Å². The van der Waals surface area contributed by atoms with Crippen LogP contribution in [0.1, 0.15) is 18.9 Å². The van der Waals surface area contributed by atoms with E-state index in [-0.39, 0.29) is 0 Å². The van der Waals surface area contributed by atoms with Crippen LogP contribution in [0.5, 0.6) is 5.75 Å². The molecule has 0 aliphatic carbocycles. The van der Waals surface area contributed by atoms with Crippen molar-refractivity contribution in [3.63, 3.8) is 0 Å². The van der Waals surface area contributed by atoms with Crippen LogP contribution in [-0.4, -0.2) is 89.6 Å². The Morgan fingerprint density at radius 3 is 2.83 bits per heavy atom. The molecule has 164 valence electrons. The highest BCUT2D eigenvalue weighted by molar-refractivity contribution is 5.80. The molecule has 1 aliphatic heterocycles. The molecule has 7 nitrogen and oxygen atoms in total. The van der Waals surface area contributed by atoms with Gasteiger partial charge in [-0.1, -0.05) is 12.1 Å². The van der Waals surface area contributed by atoms with Crippen molar-refractivity contribution in [2.45, 2.75) is 19.9 Å². The first-order chi connectivity index (χ1) is 14.2. The maximum absolute atomic E-state index is 5.92. The number of nitrogens with one attached hydrogen (secondary N) is 1. The van der Waals surface area contributed by atoms with E-state index in [4.69, 9.17) is 19.2 Å². The zero-order valence-corrected chi connectivity index (χ0v) is 18.5. The van der Waals surface area contributed by atoms with Crippen molar-refractivity contribution in [1.82, 2.24) is 15.1 Å².